The maximum Gasteiger partial charge on any atom is 0.221 e. The first-order chi connectivity index (χ1) is 9.06. The summed E-state index contributed by atoms with van der Waals surface area (Å²) in [5.74, 6) is -0.385. The van der Waals surface area contributed by atoms with Gasteiger partial charge in [-0.05, 0) is 36.1 Å². The standard InChI is InChI=1S/C14H15FN2OS/c1-9-3-4-11(15)13(7-9)16-8-14-12(5-6-19-14)17-10(2)18/h3-7,16H,8H2,1-2H3,(H,17,18). The zero-order valence-electron chi connectivity index (χ0n) is 10.8. The number of carbonyl (C=O) groups excluding carboxylic acids is 1. The van der Waals surface area contributed by atoms with E-state index >= 15 is 0 Å². The van der Waals surface area contributed by atoms with Crippen LogP contribution in [0.5, 0.6) is 0 Å². The Morgan fingerprint density at radius 2 is 2.11 bits per heavy atom. The summed E-state index contributed by atoms with van der Waals surface area (Å²) in [4.78, 5) is 12.0. The summed E-state index contributed by atoms with van der Waals surface area (Å²) in [5, 5.41) is 7.71. The molecule has 1 aromatic carbocycles. The number of aryl methyl sites for hydroxylation is 1. The number of hydrogen-bond acceptors (Lipinski definition) is 3. The average molecular weight is 278 g/mol. The average Bonchev–Trinajstić information content (AvgIpc) is 2.77. The van der Waals surface area contributed by atoms with Crippen molar-refractivity contribution in [2.45, 2.75) is 20.4 Å². The molecule has 2 rings (SSSR count). The summed E-state index contributed by atoms with van der Waals surface area (Å²) in [5.41, 5.74) is 2.25. The first-order valence-corrected chi connectivity index (χ1v) is 6.78. The predicted molar refractivity (Wildman–Crippen MR) is 77.1 cm³/mol. The van der Waals surface area contributed by atoms with E-state index in [0.29, 0.717) is 12.2 Å². The normalized spacial score (nSPS) is 10.3. The molecule has 0 saturated carbocycles. The van der Waals surface area contributed by atoms with Crippen molar-refractivity contribution >= 4 is 28.6 Å². The van der Waals surface area contributed by atoms with Gasteiger partial charge in [-0.25, -0.2) is 4.39 Å². The molecule has 0 aliphatic heterocycles. The predicted octanol–water partition coefficient (Wildman–Crippen LogP) is 3.77. The topological polar surface area (TPSA) is 41.1 Å². The van der Waals surface area contributed by atoms with Gasteiger partial charge in [-0.1, -0.05) is 6.07 Å². The molecule has 100 valence electrons. The van der Waals surface area contributed by atoms with Crippen LogP contribution in [0.25, 0.3) is 0 Å². The summed E-state index contributed by atoms with van der Waals surface area (Å²) < 4.78 is 13.6. The van der Waals surface area contributed by atoms with E-state index in [9.17, 15) is 9.18 Å². The Balaban J connectivity index is 2.08. The van der Waals surface area contributed by atoms with Gasteiger partial charge in [0.05, 0.1) is 17.9 Å². The molecule has 1 amide bonds. The Bertz CT molecular complexity index is 595. The molecule has 0 saturated heterocycles. The van der Waals surface area contributed by atoms with Crippen molar-refractivity contribution in [3.8, 4) is 0 Å². The molecule has 1 heterocycles. The molecular weight excluding hydrogens is 263 g/mol. The van der Waals surface area contributed by atoms with Gasteiger partial charge in [-0.3, -0.25) is 4.79 Å². The summed E-state index contributed by atoms with van der Waals surface area (Å²) in [6.45, 7) is 3.86. The first kappa shape index (κ1) is 13.5. The minimum atomic E-state index is -0.275. The molecule has 1 aromatic heterocycles. The largest absolute Gasteiger partial charge is 0.378 e. The Labute approximate surface area is 115 Å². The van der Waals surface area contributed by atoms with Gasteiger partial charge in [0.15, 0.2) is 0 Å². The molecular formula is C14H15FN2OS. The van der Waals surface area contributed by atoms with Crippen LogP contribution in [0.2, 0.25) is 0 Å². The van der Waals surface area contributed by atoms with Crippen molar-refractivity contribution in [2.75, 3.05) is 10.6 Å². The lowest BCUT2D eigenvalue weighted by Gasteiger charge is -2.09. The smallest absolute Gasteiger partial charge is 0.221 e. The molecule has 0 aliphatic rings. The minimum Gasteiger partial charge on any atom is -0.378 e. The lowest BCUT2D eigenvalue weighted by Crippen LogP contribution is -2.08. The molecule has 3 nitrogen and oxygen atoms in total. The van der Waals surface area contributed by atoms with Crippen LogP contribution in [0.3, 0.4) is 0 Å². The zero-order valence-corrected chi connectivity index (χ0v) is 11.6. The van der Waals surface area contributed by atoms with Crippen LogP contribution in [0, 0.1) is 12.7 Å². The molecule has 0 radical (unpaired) electrons. The summed E-state index contributed by atoms with van der Waals surface area (Å²) in [7, 11) is 0. The lowest BCUT2D eigenvalue weighted by atomic mass is 10.2. The molecule has 5 heteroatoms. The van der Waals surface area contributed by atoms with E-state index < -0.39 is 0 Å². The van der Waals surface area contributed by atoms with Gasteiger partial charge in [0.1, 0.15) is 5.82 Å². The maximum atomic E-state index is 13.6. The van der Waals surface area contributed by atoms with Crippen LogP contribution in [-0.2, 0) is 11.3 Å². The summed E-state index contributed by atoms with van der Waals surface area (Å²) in [6, 6.07) is 6.78. The highest BCUT2D eigenvalue weighted by atomic mass is 32.1. The van der Waals surface area contributed by atoms with E-state index in [1.54, 1.807) is 12.1 Å². The number of carbonyl (C=O) groups is 1. The van der Waals surface area contributed by atoms with Crippen molar-refractivity contribution in [1.82, 2.24) is 0 Å². The fourth-order valence-corrected chi connectivity index (χ4v) is 2.50. The fraction of sp³-hybridized carbons (Fsp3) is 0.214. The second-order valence-corrected chi connectivity index (χ2v) is 5.28. The maximum absolute atomic E-state index is 13.6. The number of rotatable bonds is 4. The molecule has 0 atom stereocenters. The van der Waals surface area contributed by atoms with Crippen LogP contribution in [0.1, 0.15) is 17.4 Å². The number of anilines is 2. The second-order valence-electron chi connectivity index (χ2n) is 4.28. The third-order valence-corrected chi connectivity index (χ3v) is 3.54. The Morgan fingerprint density at radius 1 is 1.32 bits per heavy atom. The van der Waals surface area contributed by atoms with Gasteiger partial charge in [-0.15, -0.1) is 11.3 Å². The van der Waals surface area contributed by atoms with Gasteiger partial charge < -0.3 is 10.6 Å². The summed E-state index contributed by atoms with van der Waals surface area (Å²) >= 11 is 1.52. The van der Waals surface area contributed by atoms with Gasteiger partial charge in [-0.2, -0.15) is 0 Å². The number of hydrogen-bond donors (Lipinski definition) is 2. The van der Waals surface area contributed by atoms with E-state index in [4.69, 9.17) is 0 Å². The van der Waals surface area contributed by atoms with E-state index in [1.165, 1.54) is 24.3 Å². The highest BCUT2D eigenvalue weighted by Gasteiger charge is 2.07. The highest BCUT2D eigenvalue weighted by molar-refractivity contribution is 7.10. The molecule has 19 heavy (non-hydrogen) atoms. The second kappa shape index (κ2) is 5.84. The van der Waals surface area contributed by atoms with E-state index in [-0.39, 0.29) is 11.7 Å². The summed E-state index contributed by atoms with van der Waals surface area (Å²) in [6.07, 6.45) is 0. The molecule has 0 unspecified atom stereocenters. The molecule has 0 spiro atoms. The van der Waals surface area contributed by atoms with Crippen LogP contribution >= 0.6 is 11.3 Å². The van der Waals surface area contributed by atoms with Crippen LogP contribution < -0.4 is 10.6 Å². The van der Waals surface area contributed by atoms with E-state index in [0.717, 1.165) is 16.1 Å². The monoisotopic (exact) mass is 278 g/mol. The minimum absolute atomic E-state index is 0.110. The molecule has 0 aliphatic carbocycles. The number of amides is 1. The molecule has 2 aromatic rings. The van der Waals surface area contributed by atoms with Gasteiger partial charge in [0, 0.05) is 11.8 Å². The van der Waals surface area contributed by atoms with Gasteiger partial charge in [0.25, 0.3) is 0 Å². The Morgan fingerprint density at radius 3 is 2.84 bits per heavy atom. The van der Waals surface area contributed by atoms with E-state index in [1.807, 2.05) is 18.4 Å². The SMILES string of the molecule is CC(=O)Nc1ccsc1CNc1cc(C)ccc1F. The number of halogens is 1. The highest BCUT2D eigenvalue weighted by Crippen LogP contribution is 2.24. The third-order valence-electron chi connectivity index (χ3n) is 2.62. The first-order valence-electron chi connectivity index (χ1n) is 5.90. The molecule has 0 bridgehead atoms. The Kier molecular flexibility index (Phi) is 4.16. The van der Waals surface area contributed by atoms with Crippen LogP contribution in [-0.4, -0.2) is 5.91 Å². The quantitative estimate of drug-likeness (QED) is 0.894. The zero-order chi connectivity index (χ0) is 13.8. The van der Waals surface area contributed by atoms with Crippen molar-refractivity contribution in [2.24, 2.45) is 0 Å². The van der Waals surface area contributed by atoms with Crippen molar-refractivity contribution in [3.05, 3.63) is 45.9 Å². The van der Waals surface area contributed by atoms with Crippen LogP contribution in [0.15, 0.2) is 29.6 Å². The molecule has 0 fully saturated rings. The van der Waals surface area contributed by atoms with E-state index in [2.05, 4.69) is 10.6 Å². The Hall–Kier alpha value is -1.88. The fourth-order valence-electron chi connectivity index (χ4n) is 1.73. The number of benzene rings is 1. The number of nitrogens with one attached hydrogen (secondary N) is 2. The van der Waals surface area contributed by atoms with Crippen molar-refractivity contribution in [1.29, 1.82) is 0 Å². The van der Waals surface area contributed by atoms with Gasteiger partial charge in [0.2, 0.25) is 5.91 Å². The van der Waals surface area contributed by atoms with Crippen LogP contribution in [0.4, 0.5) is 15.8 Å². The lowest BCUT2D eigenvalue weighted by molar-refractivity contribution is -0.114. The van der Waals surface area contributed by atoms with Gasteiger partial charge >= 0.3 is 0 Å². The third kappa shape index (κ3) is 3.54. The molecule has 2 N–H and O–H groups in total. The number of thiophene rings is 1. The van der Waals surface area contributed by atoms with Crippen molar-refractivity contribution in [3.63, 3.8) is 0 Å². The van der Waals surface area contributed by atoms with Crippen molar-refractivity contribution < 1.29 is 9.18 Å².